The van der Waals surface area contributed by atoms with Crippen LogP contribution >= 0.6 is 22.6 Å². The Labute approximate surface area is 138 Å². The number of carbonyl (C=O) groups excluding carboxylic acids is 1. The first-order valence-electron chi connectivity index (χ1n) is 7.19. The van der Waals surface area contributed by atoms with Gasteiger partial charge in [-0.2, -0.15) is 0 Å². The fourth-order valence-electron chi connectivity index (χ4n) is 2.99. The van der Waals surface area contributed by atoms with E-state index in [4.69, 9.17) is 0 Å². The fraction of sp³-hybridized carbons (Fsp3) is 0.500. The predicted octanol–water partition coefficient (Wildman–Crippen LogP) is 3.32. The first kappa shape index (κ1) is 16.3. The van der Waals surface area contributed by atoms with Crippen LogP contribution in [-0.2, 0) is 4.79 Å². The van der Waals surface area contributed by atoms with Gasteiger partial charge in [0, 0.05) is 16.7 Å². The highest BCUT2D eigenvalue weighted by Crippen LogP contribution is 2.36. The van der Waals surface area contributed by atoms with E-state index < -0.39 is 11.4 Å². The largest absolute Gasteiger partial charge is 0.481 e. The number of halogens is 1. The Morgan fingerprint density at radius 3 is 2.76 bits per heavy atom. The highest BCUT2D eigenvalue weighted by atomic mass is 127. The third-order valence-electron chi connectivity index (χ3n) is 4.25. The van der Waals surface area contributed by atoms with Crippen LogP contribution < -0.4 is 0 Å². The lowest BCUT2D eigenvalue weighted by Crippen LogP contribution is -2.37. The molecular formula is C16H20INO3. The van der Waals surface area contributed by atoms with Gasteiger partial charge in [-0.15, -0.1) is 0 Å². The van der Waals surface area contributed by atoms with Crippen LogP contribution in [0.5, 0.6) is 0 Å². The number of carboxylic acids is 1. The van der Waals surface area contributed by atoms with E-state index in [2.05, 4.69) is 22.6 Å². The van der Waals surface area contributed by atoms with E-state index in [1.165, 1.54) is 0 Å². The summed E-state index contributed by atoms with van der Waals surface area (Å²) in [5, 5.41) is 9.52. The molecule has 1 heterocycles. The second-order valence-electron chi connectivity index (χ2n) is 5.75. The number of benzene rings is 1. The Morgan fingerprint density at radius 1 is 1.43 bits per heavy atom. The minimum atomic E-state index is -0.779. The van der Waals surface area contributed by atoms with Gasteiger partial charge in [-0.25, -0.2) is 0 Å². The van der Waals surface area contributed by atoms with Crippen LogP contribution in [0.15, 0.2) is 18.2 Å². The summed E-state index contributed by atoms with van der Waals surface area (Å²) in [6.45, 7) is 4.80. The molecule has 5 heteroatoms. The molecule has 1 atom stereocenters. The number of carboxylic acid groups (broad SMARTS) is 1. The minimum Gasteiger partial charge on any atom is -0.481 e. The van der Waals surface area contributed by atoms with Gasteiger partial charge in [0.15, 0.2) is 0 Å². The zero-order valence-corrected chi connectivity index (χ0v) is 14.5. The lowest BCUT2D eigenvalue weighted by atomic mass is 9.83. The van der Waals surface area contributed by atoms with Crippen molar-refractivity contribution in [2.24, 2.45) is 5.41 Å². The molecule has 1 amide bonds. The van der Waals surface area contributed by atoms with Crippen molar-refractivity contribution in [3.05, 3.63) is 32.9 Å². The summed E-state index contributed by atoms with van der Waals surface area (Å²) in [6, 6.07) is 5.66. The topological polar surface area (TPSA) is 57.6 Å². The summed E-state index contributed by atoms with van der Waals surface area (Å²) >= 11 is 2.18. The van der Waals surface area contributed by atoms with Crippen molar-refractivity contribution in [1.29, 1.82) is 0 Å². The SMILES string of the molecule is CCCC1(C(=O)O)CCN(C(=O)c2cccc(C)c2I)C1. The number of likely N-dealkylation sites (tertiary alicyclic amines) is 1. The molecular weight excluding hydrogens is 381 g/mol. The molecule has 1 N–H and O–H groups in total. The second-order valence-corrected chi connectivity index (χ2v) is 6.83. The zero-order valence-electron chi connectivity index (χ0n) is 12.4. The van der Waals surface area contributed by atoms with E-state index in [1.54, 1.807) is 4.90 Å². The molecule has 0 spiro atoms. The Morgan fingerprint density at radius 2 is 2.14 bits per heavy atom. The van der Waals surface area contributed by atoms with Crippen LogP contribution in [0.1, 0.15) is 42.1 Å². The molecule has 4 nitrogen and oxygen atoms in total. The highest BCUT2D eigenvalue weighted by molar-refractivity contribution is 14.1. The van der Waals surface area contributed by atoms with Crippen LogP contribution in [0.2, 0.25) is 0 Å². The van der Waals surface area contributed by atoms with E-state index in [-0.39, 0.29) is 5.91 Å². The Bertz CT molecular complexity index is 573. The van der Waals surface area contributed by atoms with E-state index in [0.717, 1.165) is 15.6 Å². The van der Waals surface area contributed by atoms with Gasteiger partial charge in [0.1, 0.15) is 0 Å². The van der Waals surface area contributed by atoms with Crippen molar-refractivity contribution in [3.8, 4) is 0 Å². The van der Waals surface area contributed by atoms with Crippen molar-refractivity contribution in [1.82, 2.24) is 4.90 Å². The molecule has 0 aromatic heterocycles. The molecule has 1 aromatic carbocycles. The van der Waals surface area contributed by atoms with Gasteiger partial charge >= 0.3 is 5.97 Å². The first-order chi connectivity index (χ1) is 9.91. The quantitative estimate of drug-likeness (QED) is 0.788. The first-order valence-corrected chi connectivity index (χ1v) is 8.27. The van der Waals surface area contributed by atoms with Crippen molar-refractivity contribution < 1.29 is 14.7 Å². The Balaban J connectivity index is 2.23. The van der Waals surface area contributed by atoms with Crippen molar-refractivity contribution in [3.63, 3.8) is 0 Å². The molecule has 1 aliphatic rings. The van der Waals surface area contributed by atoms with Gasteiger partial charge in [-0.05, 0) is 54.0 Å². The van der Waals surface area contributed by atoms with E-state index in [0.29, 0.717) is 31.5 Å². The maximum Gasteiger partial charge on any atom is 0.311 e. The summed E-state index contributed by atoms with van der Waals surface area (Å²) in [6.07, 6.45) is 1.98. The van der Waals surface area contributed by atoms with Crippen molar-refractivity contribution in [2.45, 2.75) is 33.1 Å². The molecule has 114 valence electrons. The smallest absolute Gasteiger partial charge is 0.311 e. The molecule has 1 aromatic rings. The average Bonchev–Trinajstić information content (AvgIpc) is 2.87. The summed E-state index contributed by atoms with van der Waals surface area (Å²) in [4.78, 5) is 26.0. The van der Waals surface area contributed by atoms with Crippen LogP contribution in [0, 0.1) is 15.9 Å². The van der Waals surface area contributed by atoms with Crippen molar-refractivity contribution in [2.75, 3.05) is 13.1 Å². The summed E-state index contributed by atoms with van der Waals surface area (Å²) in [7, 11) is 0. The lowest BCUT2D eigenvalue weighted by Gasteiger charge is -2.24. The number of aliphatic carboxylic acids is 1. The van der Waals surface area contributed by atoms with Crippen LogP contribution in [0.4, 0.5) is 0 Å². The van der Waals surface area contributed by atoms with Gasteiger partial charge in [-0.3, -0.25) is 9.59 Å². The number of hydrogen-bond donors (Lipinski definition) is 1. The second kappa shape index (κ2) is 6.34. The number of rotatable bonds is 4. The van der Waals surface area contributed by atoms with Gasteiger partial charge in [0.2, 0.25) is 0 Å². The van der Waals surface area contributed by atoms with E-state index >= 15 is 0 Å². The Hall–Kier alpha value is -1.11. The molecule has 0 bridgehead atoms. The third-order valence-corrected chi connectivity index (χ3v) is 5.68. The molecule has 21 heavy (non-hydrogen) atoms. The van der Waals surface area contributed by atoms with Crippen LogP contribution in [0.3, 0.4) is 0 Å². The normalized spacial score (nSPS) is 21.6. The molecule has 0 saturated carbocycles. The average molecular weight is 401 g/mol. The molecule has 1 saturated heterocycles. The summed E-state index contributed by atoms with van der Waals surface area (Å²) in [5.41, 5.74) is 0.978. The predicted molar refractivity (Wildman–Crippen MR) is 89.4 cm³/mol. The maximum absolute atomic E-state index is 12.7. The summed E-state index contributed by atoms with van der Waals surface area (Å²) < 4.78 is 0.948. The lowest BCUT2D eigenvalue weighted by molar-refractivity contribution is -0.148. The van der Waals surface area contributed by atoms with E-state index in [1.807, 2.05) is 32.0 Å². The van der Waals surface area contributed by atoms with Crippen LogP contribution in [0.25, 0.3) is 0 Å². The van der Waals surface area contributed by atoms with E-state index in [9.17, 15) is 14.7 Å². The number of amides is 1. The Kier molecular flexibility index (Phi) is 4.91. The van der Waals surface area contributed by atoms with Gasteiger partial charge in [0.05, 0.1) is 11.0 Å². The van der Waals surface area contributed by atoms with Crippen molar-refractivity contribution >= 4 is 34.5 Å². The minimum absolute atomic E-state index is 0.0534. The fourth-order valence-corrected chi connectivity index (χ4v) is 3.58. The number of carbonyl (C=O) groups is 2. The molecule has 2 rings (SSSR count). The number of nitrogens with zero attached hydrogens (tertiary/aromatic N) is 1. The number of aryl methyl sites for hydroxylation is 1. The standard InChI is InChI=1S/C16H20INO3/c1-3-7-16(15(20)21)8-9-18(10-16)14(19)12-6-4-5-11(2)13(12)17/h4-6H,3,7-10H2,1-2H3,(H,20,21). The molecule has 0 aliphatic carbocycles. The molecule has 1 fully saturated rings. The van der Waals surface area contributed by atoms with Gasteiger partial charge in [0.25, 0.3) is 5.91 Å². The zero-order chi connectivity index (χ0) is 15.6. The third kappa shape index (κ3) is 3.07. The monoisotopic (exact) mass is 401 g/mol. The summed E-state index contributed by atoms with van der Waals surface area (Å²) in [5.74, 6) is -0.832. The maximum atomic E-state index is 12.7. The molecule has 0 radical (unpaired) electrons. The van der Waals surface area contributed by atoms with Gasteiger partial charge < -0.3 is 10.0 Å². The molecule has 1 aliphatic heterocycles. The van der Waals surface area contributed by atoms with Crippen LogP contribution in [-0.4, -0.2) is 35.0 Å². The molecule has 1 unspecified atom stereocenters. The highest BCUT2D eigenvalue weighted by Gasteiger charge is 2.45. The van der Waals surface area contributed by atoms with Gasteiger partial charge in [-0.1, -0.05) is 25.5 Å². The number of hydrogen-bond acceptors (Lipinski definition) is 2.